The lowest BCUT2D eigenvalue weighted by Crippen LogP contribution is -2.28. The predicted molar refractivity (Wildman–Crippen MR) is 61.4 cm³/mol. The van der Waals surface area contributed by atoms with Crippen LogP contribution in [0.1, 0.15) is 24.5 Å². The molecule has 1 unspecified atom stereocenters. The van der Waals surface area contributed by atoms with Gasteiger partial charge in [0.15, 0.2) is 0 Å². The highest BCUT2D eigenvalue weighted by atomic mass is 19.4. The van der Waals surface area contributed by atoms with Gasteiger partial charge in [0.25, 0.3) is 0 Å². The van der Waals surface area contributed by atoms with E-state index < -0.39 is 11.7 Å². The summed E-state index contributed by atoms with van der Waals surface area (Å²) >= 11 is 0. The Morgan fingerprint density at radius 3 is 2.53 bits per heavy atom. The predicted octanol–water partition coefficient (Wildman–Crippen LogP) is 2.53. The first-order chi connectivity index (χ1) is 7.95. The van der Waals surface area contributed by atoms with Gasteiger partial charge < -0.3 is 11.1 Å². The fraction of sp³-hybridized carbons (Fsp3) is 0.500. The van der Waals surface area contributed by atoms with E-state index in [2.05, 4.69) is 5.32 Å². The lowest BCUT2D eigenvalue weighted by atomic mass is 10.1. The minimum Gasteiger partial charge on any atom is -0.330 e. The van der Waals surface area contributed by atoms with E-state index in [1.165, 1.54) is 12.1 Å². The normalized spacial score (nSPS) is 13.7. The van der Waals surface area contributed by atoms with Crippen LogP contribution in [0.2, 0.25) is 0 Å². The van der Waals surface area contributed by atoms with E-state index in [1.807, 2.05) is 6.92 Å². The number of benzene rings is 1. The molecule has 0 saturated carbocycles. The molecule has 0 spiro atoms. The summed E-state index contributed by atoms with van der Waals surface area (Å²) in [6.07, 6.45) is -3.55. The molecule has 0 aliphatic rings. The highest BCUT2D eigenvalue weighted by Gasteiger charge is 2.32. The standard InChI is InChI=1S/C12H17F3N2/c1-9(6-7-16)17-8-10-4-2-3-5-11(10)12(13,14)15/h2-5,9,17H,6-8,16H2,1H3. The average molecular weight is 246 g/mol. The molecule has 3 N–H and O–H groups in total. The first kappa shape index (κ1) is 14.0. The van der Waals surface area contributed by atoms with Gasteiger partial charge in [0.2, 0.25) is 0 Å². The summed E-state index contributed by atoms with van der Waals surface area (Å²) in [4.78, 5) is 0. The monoisotopic (exact) mass is 246 g/mol. The molecule has 1 atom stereocenters. The Bertz CT molecular complexity index is 350. The Balaban J connectivity index is 2.71. The second-order valence-corrected chi connectivity index (χ2v) is 4.01. The van der Waals surface area contributed by atoms with E-state index in [4.69, 9.17) is 5.73 Å². The molecule has 2 nitrogen and oxygen atoms in total. The van der Waals surface area contributed by atoms with Crippen molar-refractivity contribution in [3.8, 4) is 0 Å². The minimum atomic E-state index is -4.30. The van der Waals surface area contributed by atoms with Crippen LogP contribution in [0.25, 0.3) is 0 Å². The number of nitrogens with two attached hydrogens (primary N) is 1. The summed E-state index contributed by atoms with van der Waals surface area (Å²) < 4.78 is 38.0. The Morgan fingerprint density at radius 1 is 1.29 bits per heavy atom. The molecule has 0 bridgehead atoms. The van der Waals surface area contributed by atoms with E-state index in [-0.39, 0.29) is 18.2 Å². The third-order valence-corrected chi connectivity index (χ3v) is 2.56. The third kappa shape index (κ3) is 4.36. The summed E-state index contributed by atoms with van der Waals surface area (Å²) in [5.41, 5.74) is 5.07. The van der Waals surface area contributed by atoms with Gasteiger partial charge in [-0.15, -0.1) is 0 Å². The Labute approximate surface area is 99.0 Å². The molecule has 0 aromatic heterocycles. The summed E-state index contributed by atoms with van der Waals surface area (Å²) in [5, 5.41) is 3.03. The van der Waals surface area contributed by atoms with Crippen molar-refractivity contribution in [3.05, 3.63) is 35.4 Å². The maximum absolute atomic E-state index is 12.7. The molecule has 1 rings (SSSR count). The summed E-state index contributed by atoms with van der Waals surface area (Å²) in [7, 11) is 0. The van der Waals surface area contributed by atoms with Gasteiger partial charge in [0.05, 0.1) is 5.56 Å². The van der Waals surface area contributed by atoms with E-state index in [9.17, 15) is 13.2 Å². The van der Waals surface area contributed by atoms with Crippen LogP contribution in [0, 0.1) is 0 Å². The fourth-order valence-corrected chi connectivity index (χ4v) is 1.59. The number of halogens is 3. The first-order valence-electron chi connectivity index (χ1n) is 5.53. The zero-order valence-corrected chi connectivity index (χ0v) is 9.72. The van der Waals surface area contributed by atoms with E-state index in [1.54, 1.807) is 6.07 Å². The molecule has 0 saturated heterocycles. The van der Waals surface area contributed by atoms with Gasteiger partial charge >= 0.3 is 6.18 Å². The van der Waals surface area contributed by atoms with Crippen molar-refractivity contribution in [2.75, 3.05) is 6.54 Å². The number of hydrogen-bond acceptors (Lipinski definition) is 2. The molecular weight excluding hydrogens is 229 g/mol. The van der Waals surface area contributed by atoms with Gasteiger partial charge in [-0.3, -0.25) is 0 Å². The number of nitrogens with one attached hydrogen (secondary N) is 1. The zero-order valence-electron chi connectivity index (χ0n) is 9.72. The van der Waals surface area contributed by atoms with E-state index in [0.717, 1.165) is 12.5 Å². The minimum absolute atomic E-state index is 0.112. The van der Waals surface area contributed by atoms with Crippen LogP contribution in [-0.2, 0) is 12.7 Å². The number of rotatable bonds is 5. The van der Waals surface area contributed by atoms with Gasteiger partial charge in [-0.25, -0.2) is 0 Å². The molecule has 0 aliphatic heterocycles. The third-order valence-electron chi connectivity index (χ3n) is 2.56. The van der Waals surface area contributed by atoms with Crippen LogP contribution in [-0.4, -0.2) is 12.6 Å². The van der Waals surface area contributed by atoms with E-state index in [0.29, 0.717) is 6.54 Å². The second kappa shape index (κ2) is 6.02. The van der Waals surface area contributed by atoms with Crippen molar-refractivity contribution >= 4 is 0 Å². The molecular formula is C12H17F3N2. The molecule has 1 aromatic rings. The van der Waals surface area contributed by atoms with Crippen LogP contribution in [0.4, 0.5) is 13.2 Å². The Kier molecular flexibility index (Phi) is 4.96. The van der Waals surface area contributed by atoms with Crippen molar-refractivity contribution in [1.29, 1.82) is 0 Å². The van der Waals surface area contributed by atoms with Crippen LogP contribution in [0.3, 0.4) is 0 Å². The maximum atomic E-state index is 12.7. The van der Waals surface area contributed by atoms with Crippen molar-refractivity contribution in [2.45, 2.75) is 32.1 Å². The topological polar surface area (TPSA) is 38.0 Å². The van der Waals surface area contributed by atoms with Gasteiger partial charge in [-0.1, -0.05) is 18.2 Å². The van der Waals surface area contributed by atoms with Gasteiger partial charge in [0.1, 0.15) is 0 Å². The molecule has 17 heavy (non-hydrogen) atoms. The molecule has 0 heterocycles. The fourth-order valence-electron chi connectivity index (χ4n) is 1.59. The van der Waals surface area contributed by atoms with Crippen molar-refractivity contribution in [3.63, 3.8) is 0 Å². The summed E-state index contributed by atoms with van der Waals surface area (Å²) in [6.45, 7) is 2.63. The summed E-state index contributed by atoms with van der Waals surface area (Å²) in [5.74, 6) is 0. The molecule has 5 heteroatoms. The first-order valence-corrected chi connectivity index (χ1v) is 5.53. The Hall–Kier alpha value is -1.07. The van der Waals surface area contributed by atoms with Crippen LogP contribution in [0.15, 0.2) is 24.3 Å². The van der Waals surface area contributed by atoms with Crippen molar-refractivity contribution in [1.82, 2.24) is 5.32 Å². The van der Waals surface area contributed by atoms with Crippen molar-refractivity contribution in [2.24, 2.45) is 5.73 Å². The Morgan fingerprint density at radius 2 is 1.94 bits per heavy atom. The molecule has 1 aromatic carbocycles. The van der Waals surface area contributed by atoms with Crippen LogP contribution < -0.4 is 11.1 Å². The molecule has 96 valence electrons. The SMILES string of the molecule is CC(CCN)NCc1ccccc1C(F)(F)F. The van der Waals surface area contributed by atoms with Gasteiger partial charge in [0, 0.05) is 12.6 Å². The summed E-state index contributed by atoms with van der Waals surface area (Å²) in [6, 6.07) is 5.71. The second-order valence-electron chi connectivity index (χ2n) is 4.01. The zero-order chi connectivity index (χ0) is 12.9. The van der Waals surface area contributed by atoms with Crippen molar-refractivity contribution < 1.29 is 13.2 Å². The maximum Gasteiger partial charge on any atom is 0.416 e. The van der Waals surface area contributed by atoms with Gasteiger partial charge in [-0.05, 0) is 31.5 Å². The quantitative estimate of drug-likeness (QED) is 0.837. The average Bonchev–Trinajstić information content (AvgIpc) is 2.26. The highest BCUT2D eigenvalue weighted by Crippen LogP contribution is 2.31. The lowest BCUT2D eigenvalue weighted by molar-refractivity contribution is -0.138. The van der Waals surface area contributed by atoms with E-state index >= 15 is 0 Å². The smallest absolute Gasteiger partial charge is 0.330 e. The molecule has 0 amide bonds. The molecule has 0 fully saturated rings. The van der Waals surface area contributed by atoms with Gasteiger partial charge in [-0.2, -0.15) is 13.2 Å². The van der Waals surface area contributed by atoms with Crippen LogP contribution >= 0.6 is 0 Å². The largest absolute Gasteiger partial charge is 0.416 e. The lowest BCUT2D eigenvalue weighted by Gasteiger charge is -2.16. The van der Waals surface area contributed by atoms with Crippen LogP contribution in [0.5, 0.6) is 0 Å². The molecule has 0 aliphatic carbocycles. The number of alkyl halides is 3. The highest BCUT2D eigenvalue weighted by molar-refractivity contribution is 5.29. The number of hydrogen-bond donors (Lipinski definition) is 2. The molecule has 0 radical (unpaired) electrons.